The highest BCUT2D eigenvalue weighted by atomic mass is 16.8. The Kier molecular flexibility index (Phi) is 7.46. The smallest absolute Gasteiger partial charge is 0.163 e. The molecule has 2 N–H and O–H groups in total. The van der Waals surface area contributed by atoms with E-state index in [9.17, 15) is 10.2 Å². The second-order valence-corrected chi connectivity index (χ2v) is 13.1. The summed E-state index contributed by atoms with van der Waals surface area (Å²) in [7, 11) is 0. The molecule has 0 spiro atoms. The Labute approximate surface area is 246 Å². The Morgan fingerprint density at radius 3 is 1.33 bits per heavy atom. The molecule has 0 radical (unpaired) electrons. The number of fused-ring (bicyclic) bond motifs is 6. The number of hydrogen-bond donors (Lipinski definition) is 2. The molecule has 10 heteroatoms. The highest BCUT2D eigenvalue weighted by Gasteiger charge is 2.64. The van der Waals surface area contributed by atoms with Gasteiger partial charge in [-0.1, -0.05) is 60.7 Å². The molecule has 0 aromatic heterocycles. The third-order valence-electron chi connectivity index (χ3n) is 9.32. The molecule has 2 aliphatic carbocycles. The molecule has 4 saturated heterocycles. The molecule has 2 aromatic carbocycles. The summed E-state index contributed by atoms with van der Waals surface area (Å²) in [5.74, 6) is -1.16. The molecular formula is C32H42N2O8. The zero-order chi connectivity index (χ0) is 29.2. The molecule has 6 aliphatic rings. The number of aliphatic hydroxyl groups excluding tert-OH is 2. The molecule has 2 aromatic rings. The van der Waals surface area contributed by atoms with Crippen LogP contribution in [0.25, 0.3) is 0 Å². The summed E-state index contributed by atoms with van der Waals surface area (Å²) in [6.07, 6.45) is -1.82. The fourth-order valence-corrected chi connectivity index (χ4v) is 7.58. The number of rotatable bonds is 4. The molecule has 0 amide bonds. The van der Waals surface area contributed by atoms with Gasteiger partial charge in [-0.15, -0.1) is 0 Å². The van der Waals surface area contributed by atoms with E-state index in [1.807, 2.05) is 74.2 Å². The van der Waals surface area contributed by atoms with E-state index in [-0.39, 0.29) is 48.3 Å². The summed E-state index contributed by atoms with van der Waals surface area (Å²) in [5, 5.41) is 24.9. The fourth-order valence-electron chi connectivity index (χ4n) is 7.58. The van der Waals surface area contributed by atoms with E-state index in [0.29, 0.717) is 26.3 Å². The third kappa shape index (κ3) is 5.21. The lowest BCUT2D eigenvalue weighted by Crippen LogP contribution is -2.40. The molecule has 10 nitrogen and oxygen atoms in total. The van der Waals surface area contributed by atoms with Gasteiger partial charge in [0.05, 0.1) is 37.5 Å². The molecule has 6 fully saturated rings. The van der Waals surface area contributed by atoms with E-state index in [1.165, 1.54) is 11.1 Å². The Bertz CT molecular complexity index is 1140. The highest BCUT2D eigenvalue weighted by Crippen LogP contribution is 2.47. The van der Waals surface area contributed by atoms with E-state index >= 15 is 0 Å². The van der Waals surface area contributed by atoms with Crippen molar-refractivity contribution >= 4 is 0 Å². The van der Waals surface area contributed by atoms with Crippen LogP contribution >= 0.6 is 0 Å². The second kappa shape index (κ2) is 10.9. The Hall–Kier alpha value is -1.96. The van der Waals surface area contributed by atoms with E-state index in [1.54, 1.807) is 0 Å². The van der Waals surface area contributed by atoms with Gasteiger partial charge in [-0.2, -0.15) is 10.1 Å². The average Bonchev–Trinajstić information content (AvgIpc) is 3.77. The monoisotopic (exact) mass is 582 g/mol. The van der Waals surface area contributed by atoms with Crippen LogP contribution in [0.1, 0.15) is 38.8 Å². The number of ether oxygens (including phenoxy) is 4. The van der Waals surface area contributed by atoms with E-state index in [0.717, 1.165) is 0 Å². The Morgan fingerprint density at radius 2 is 0.952 bits per heavy atom. The summed E-state index contributed by atoms with van der Waals surface area (Å²) in [6, 6.07) is 20.5. The van der Waals surface area contributed by atoms with Crippen molar-refractivity contribution in [2.24, 2.45) is 11.8 Å². The molecule has 2 saturated carbocycles. The van der Waals surface area contributed by atoms with Crippen molar-refractivity contribution < 1.29 is 38.8 Å². The van der Waals surface area contributed by atoms with Crippen molar-refractivity contribution in [1.29, 1.82) is 0 Å². The predicted octanol–water partition coefficient (Wildman–Crippen LogP) is 2.63. The van der Waals surface area contributed by atoms with Crippen molar-refractivity contribution in [3.05, 3.63) is 71.8 Å². The normalized spacial score (nSPS) is 41.2. The number of benzene rings is 2. The van der Waals surface area contributed by atoms with Gasteiger partial charge in [0.1, 0.15) is 24.4 Å². The summed E-state index contributed by atoms with van der Waals surface area (Å²) < 4.78 is 23.8. The van der Waals surface area contributed by atoms with Crippen molar-refractivity contribution in [2.45, 2.75) is 101 Å². The van der Waals surface area contributed by atoms with Crippen molar-refractivity contribution in [1.82, 2.24) is 10.1 Å². The summed E-state index contributed by atoms with van der Waals surface area (Å²) in [5.41, 5.74) is 2.38. The zero-order valence-electron chi connectivity index (χ0n) is 24.6. The van der Waals surface area contributed by atoms with Gasteiger partial charge < -0.3 is 29.2 Å². The van der Waals surface area contributed by atoms with Crippen LogP contribution in [0, 0.1) is 11.8 Å². The van der Waals surface area contributed by atoms with Gasteiger partial charge in [0.2, 0.25) is 0 Å². The number of nitrogens with zero attached hydrogens (tertiary/aromatic N) is 2. The summed E-state index contributed by atoms with van der Waals surface area (Å²) in [6.45, 7) is 10.0. The summed E-state index contributed by atoms with van der Waals surface area (Å²) >= 11 is 0. The maximum absolute atomic E-state index is 10.5. The quantitative estimate of drug-likeness (QED) is 0.560. The molecule has 0 unspecified atom stereocenters. The van der Waals surface area contributed by atoms with Gasteiger partial charge >= 0.3 is 0 Å². The van der Waals surface area contributed by atoms with Crippen molar-refractivity contribution in [2.75, 3.05) is 13.2 Å². The van der Waals surface area contributed by atoms with Crippen LogP contribution in [0.4, 0.5) is 0 Å². The second-order valence-electron chi connectivity index (χ2n) is 13.1. The van der Waals surface area contributed by atoms with Gasteiger partial charge in [-0.25, -0.2) is 0 Å². The molecule has 4 heterocycles. The first kappa shape index (κ1) is 28.8. The third-order valence-corrected chi connectivity index (χ3v) is 9.32. The van der Waals surface area contributed by atoms with Crippen LogP contribution in [-0.2, 0) is 41.7 Å². The average molecular weight is 583 g/mol. The molecule has 8 rings (SSSR count). The minimum absolute atomic E-state index is 0.0481. The SMILES string of the molecule is CC1(C)O[C@H]2[C@H](O)[C@@H]3CON(Cc4ccccc4)[C@@H]3[C@H]2O1.CC1(C)O[C@H]2[C@H](O)[C@@H]3CON(Cc4ccccc4)[C@@H]3[C@H]2O1. The maximum atomic E-state index is 10.5. The van der Waals surface area contributed by atoms with Crippen LogP contribution in [-0.4, -0.2) is 93.8 Å². The highest BCUT2D eigenvalue weighted by molar-refractivity contribution is 5.17. The number of aliphatic hydroxyl groups is 2. The molecule has 10 atom stereocenters. The first-order valence-corrected chi connectivity index (χ1v) is 15.0. The van der Waals surface area contributed by atoms with Gasteiger partial charge in [0, 0.05) is 24.9 Å². The predicted molar refractivity (Wildman–Crippen MR) is 150 cm³/mol. The van der Waals surface area contributed by atoms with Crippen LogP contribution in [0.3, 0.4) is 0 Å². The zero-order valence-corrected chi connectivity index (χ0v) is 24.6. The molecule has 4 aliphatic heterocycles. The number of hydroxylamine groups is 4. The fraction of sp³-hybridized carbons (Fsp3) is 0.625. The first-order valence-electron chi connectivity index (χ1n) is 15.0. The minimum atomic E-state index is -0.637. The lowest BCUT2D eigenvalue weighted by Gasteiger charge is -2.27. The molecule has 0 bridgehead atoms. The van der Waals surface area contributed by atoms with E-state index < -0.39 is 23.8 Å². The first-order chi connectivity index (χ1) is 20.1. The molecule has 228 valence electrons. The van der Waals surface area contributed by atoms with E-state index in [2.05, 4.69) is 24.3 Å². The van der Waals surface area contributed by atoms with Gasteiger partial charge in [-0.05, 0) is 38.8 Å². The topological polar surface area (TPSA) is 102 Å². The van der Waals surface area contributed by atoms with Gasteiger partial charge in [-0.3, -0.25) is 9.68 Å². The Morgan fingerprint density at radius 1 is 0.595 bits per heavy atom. The number of hydrogen-bond acceptors (Lipinski definition) is 10. The van der Waals surface area contributed by atoms with Crippen molar-refractivity contribution in [3.63, 3.8) is 0 Å². The van der Waals surface area contributed by atoms with Gasteiger partial charge in [0.25, 0.3) is 0 Å². The van der Waals surface area contributed by atoms with Crippen molar-refractivity contribution in [3.8, 4) is 0 Å². The van der Waals surface area contributed by atoms with Crippen LogP contribution in [0.15, 0.2) is 60.7 Å². The maximum Gasteiger partial charge on any atom is 0.163 e. The van der Waals surface area contributed by atoms with Crippen LogP contribution in [0.2, 0.25) is 0 Å². The molecular weight excluding hydrogens is 540 g/mol. The Balaban J connectivity index is 0.000000137. The minimum Gasteiger partial charge on any atom is -0.390 e. The summed E-state index contributed by atoms with van der Waals surface area (Å²) in [4.78, 5) is 11.6. The van der Waals surface area contributed by atoms with Gasteiger partial charge in [0.15, 0.2) is 11.6 Å². The lowest BCUT2D eigenvalue weighted by molar-refractivity contribution is -0.186. The largest absolute Gasteiger partial charge is 0.390 e. The van der Waals surface area contributed by atoms with Crippen LogP contribution < -0.4 is 0 Å². The van der Waals surface area contributed by atoms with Crippen LogP contribution in [0.5, 0.6) is 0 Å². The standard InChI is InChI=1S/2C16H21NO4/c2*1-16(2)20-14-12-11(13(18)15(14)21-16)9-19-17(12)8-10-6-4-3-5-7-10/h2*3-7,11-15,18H,8-9H2,1-2H3/t2*11-,12+,13-,14-,15+/m11/s1. The molecule has 42 heavy (non-hydrogen) atoms. The van der Waals surface area contributed by atoms with E-state index in [4.69, 9.17) is 28.6 Å². The lowest BCUT2D eigenvalue weighted by atomic mass is 10.0.